The lowest BCUT2D eigenvalue weighted by atomic mass is 9.98. The van der Waals surface area contributed by atoms with Gasteiger partial charge in [-0.05, 0) is 32.4 Å². The molecule has 1 aromatic carbocycles. The van der Waals surface area contributed by atoms with Crippen molar-refractivity contribution in [1.82, 2.24) is 14.8 Å². The number of hydrogen-bond acceptors (Lipinski definition) is 3. The molecule has 0 fully saturated rings. The van der Waals surface area contributed by atoms with Gasteiger partial charge in [-0.2, -0.15) is 5.10 Å². The van der Waals surface area contributed by atoms with Crippen molar-refractivity contribution in [3.05, 3.63) is 54.5 Å². The van der Waals surface area contributed by atoms with E-state index in [1.165, 1.54) is 0 Å². The second-order valence-corrected chi connectivity index (χ2v) is 5.61. The molecule has 0 spiro atoms. The normalized spacial score (nSPS) is 11.1. The van der Waals surface area contributed by atoms with Crippen molar-refractivity contribution in [3.8, 4) is 28.1 Å². The molecule has 2 aromatic heterocycles. The van der Waals surface area contributed by atoms with Gasteiger partial charge in [0, 0.05) is 29.6 Å². The van der Waals surface area contributed by atoms with E-state index in [1.807, 2.05) is 54.2 Å². The van der Waals surface area contributed by atoms with Crippen LogP contribution in [-0.4, -0.2) is 19.9 Å². The fraction of sp³-hybridized carbons (Fsp3) is 0.222. The molecule has 0 aliphatic rings. The van der Waals surface area contributed by atoms with Crippen molar-refractivity contribution in [2.24, 2.45) is 0 Å². The average Bonchev–Trinajstić information content (AvgIpc) is 2.84. The minimum absolute atomic E-state index is 0.199. The van der Waals surface area contributed by atoms with Gasteiger partial charge in [-0.3, -0.25) is 9.67 Å². The zero-order chi connectivity index (χ0) is 15.7. The molecule has 4 heteroatoms. The van der Waals surface area contributed by atoms with Crippen LogP contribution in [0.2, 0.25) is 0 Å². The van der Waals surface area contributed by atoms with Gasteiger partial charge in [0.2, 0.25) is 0 Å². The molecule has 0 unspecified atom stereocenters. The molecule has 112 valence electrons. The molecule has 2 heterocycles. The van der Waals surface area contributed by atoms with Crippen molar-refractivity contribution in [3.63, 3.8) is 0 Å². The zero-order valence-electron chi connectivity index (χ0n) is 13.0. The van der Waals surface area contributed by atoms with Crippen molar-refractivity contribution < 1.29 is 5.11 Å². The summed E-state index contributed by atoms with van der Waals surface area (Å²) in [6.07, 6.45) is 3.57. The minimum Gasteiger partial charge on any atom is -0.504 e. The lowest BCUT2D eigenvalue weighted by Crippen LogP contribution is -2.04. The van der Waals surface area contributed by atoms with Crippen molar-refractivity contribution in [2.75, 3.05) is 0 Å². The summed E-state index contributed by atoms with van der Waals surface area (Å²) >= 11 is 0. The molecule has 0 saturated carbocycles. The SMILES string of the molecule is Cc1c(O)c(-c2ccccc2-c2cccnc2)nn1C(C)C. The maximum absolute atomic E-state index is 10.5. The van der Waals surface area contributed by atoms with Crippen molar-refractivity contribution in [1.29, 1.82) is 0 Å². The van der Waals surface area contributed by atoms with Gasteiger partial charge in [0.25, 0.3) is 0 Å². The van der Waals surface area contributed by atoms with Crippen molar-refractivity contribution in [2.45, 2.75) is 26.8 Å². The highest BCUT2D eigenvalue weighted by molar-refractivity contribution is 5.84. The Bertz CT molecular complexity index is 791. The molecule has 0 radical (unpaired) electrons. The molecule has 22 heavy (non-hydrogen) atoms. The van der Waals surface area contributed by atoms with Crippen LogP contribution in [0.25, 0.3) is 22.4 Å². The van der Waals surface area contributed by atoms with Crippen LogP contribution >= 0.6 is 0 Å². The Balaban J connectivity index is 2.21. The molecule has 0 bridgehead atoms. The third-order valence-electron chi connectivity index (χ3n) is 3.76. The van der Waals surface area contributed by atoms with E-state index >= 15 is 0 Å². The molecule has 0 aliphatic carbocycles. The summed E-state index contributed by atoms with van der Waals surface area (Å²) in [5.41, 5.74) is 4.33. The molecular formula is C18H19N3O. The summed E-state index contributed by atoms with van der Waals surface area (Å²) in [6, 6.07) is 12.1. The van der Waals surface area contributed by atoms with E-state index in [1.54, 1.807) is 6.20 Å². The topological polar surface area (TPSA) is 50.9 Å². The fourth-order valence-corrected chi connectivity index (χ4v) is 2.66. The van der Waals surface area contributed by atoms with E-state index in [2.05, 4.69) is 23.9 Å². The molecule has 0 aliphatic heterocycles. The van der Waals surface area contributed by atoms with Crippen LogP contribution < -0.4 is 0 Å². The summed E-state index contributed by atoms with van der Waals surface area (Å²) < 4.78 is 1.85. The third-order valence-corrected chi connectivity index (χ3v) is 3.76. The predicted molar refractivity (Wildman–Crippen MR) is 87.7 cm³/mol. The van der Waals surface area contributed by atoms with Gasteiger partial charge < -0.3 is 5.11 Å². The number of aromatic hydroxyl groups is 1. The lowest BCUT2D eigenvalue weighted by Gasteiger charge is -2.08. The maximum atomic E-state index is 10.5. The van der Waals surface area contributed by atoms with Gasteiger partial charge in [-0.15, -0.1) is 0 Å². The largest absolute Gasteiger partial charge is 0.504 e. The van der Waals surface area contributed by atoms with Crippen LogP contribution in [0, 0.1) is 6.92 Å². The monoisotopic (exact) mass is 293 g/mol. The van der Waals surface area contributed by atoms with Crippen molar-refractivity contribution >= 4 is 0 Å². The first-order valence-electron chi connectivity index (χ1n) is 7.37. The average molecular weight is 293 g/mol. The standard InChI is InChI=1S/C18H19N3O/c1-12(2)21-13(3)18(22)17(20-21)16-9-5-4-8-15(16)14-7-6-10-19-11-14/h4-12,22H,1-3H3. The van der Waals surface area contributed by atoms with Crippen LogP contribution in [0.1, 0.15) is 25.6 Å². The highest BCUT2D eigenvalue weighted by Crippen LogP contribution is 2.37. The number of pyridine rings is 1. The molecule has 3 aromatic rings. The van der Waals surface area contributed by atoms with Gasteiger partial charge in [-0.1, -0.05) is 30.3 Å². The Labute approximate surface area is 130 Å². The fourth-order valence-electron chi connectivity index (χ4n) is 2.66. The Morgan fingerprint density at radius 1 is 1.05 bits per heavy atom. The number of nitrogens with zero attached hydrogens (tertiary/aromatic N) is 3. The quantitative estimate of drug-likeness (QED) is 0.787. The summed E-state index contributed by atoms with van der Waals surface area (Å²) in [7, 11) is 0. The number of aromatic nitrogens is 3. The van der Waals surface area contributed by atoms with E-state index in [0.29, 0.717) is 5.69 Å². The van der Waals surface area contributed by atoms with Crippen LogP contribution in [-0.2, 0) is 0 Å². The molecular weight excluding hydrogens is 274 g/mol. The number of benzene rings is 1. The Morgan fingerprint density at radius 3 is 2.36 bits per heavy atom. The van der Waals surface area contributed by atoms with Gasteiger partial charge in [0.15, 0.2) is 5.75 Å². The van der Waals surface area contributed by atoms with Gasteiger partial charge >= 0.3 is 0 Å². The number of hydrogen-bond donors (Lipinski definition) is 1. The smallest absolute Gasteiger partial charge is 0.164 e. The van der Waals surface area contributed by atoms with E-state index in [9.17, 15) is 5.11 Å². The number of rotatable bonds is 3. The highest BCUT2D eigenvalue weighted by Gasteiger charge is 2.19. The lowest BCUT2D eigenvalue weighted by molar-refractivity contribution is 0.461. The van der Waals surface area contributed by atoms with E-state index in [-0.39, 0.29) is 11.8 Å². The van der Waals surface area contributed by atoms with Crippen LogP contribution in [0.15, 0.2) is 48.8 Å². The third kappa shape index (κ3) is 2.37. The van der Waals surface area contributed by atoms with Crippen LogP contribution in [0.5, 0.6) is 5.75 Å². The van der Waals surface area contributed by atoms with Crippen LogP contribution in [0.4, 0.5) is 0 Å². The minimum atomic E-state index is 0.199. The Morgan fingerprint density at radius 2 is 1.77 bits per heavy atom. The summed E-state index contributed by atoms with van der Waals surface area (Å²) in [6.45, 7) is 5.99. The van der Waals surface area contributed by atoms with Gasteiger partial charge in [0.1, 0.15) is 5.69 Å². The van der Waals surface area contributed by atoms with E-state index < -0.39 is 0 Å². The van der Waals surface area contributed by atoms with Crippen LogP contribution in [0.3, 0.4) is 0 Å². The van der Waals surface area contributed by atoms with Gasteiger partial charge in [-0.25, -0.2) is 0 Å². The molecule has 0 amide bonds. The molecule has 0 saturated heterocycles. The highest BCUT2D eigenvalue weighted by atomic mass is 16.3. The summed E-state index contributed by atoms with van der Waals surface area (Å²) in [5.74, 6) is 0.241. The first-order chi connectivity index (χ1) is 10.6. The first kappa shape index (κ1) is 14.3. The molecule has 1 N–H and O–H groups in total. The van der Waals surface area contributed by atoms with E-state index in [4.69, 9.17) is 0 Å². The summed E-state index contributed by atoms with van der Waals surface area (Å²) in [4.78, 5) is 4.18. The summed E-state index contributed by atoms with van der Waals surface area (Å²) in [5, 5.41) is 15.1. The Hall–Kier alpha value is -2.62. The van der Waals surface area contributed by atoms with Gasteiger partial charge in [0.05, 0.1) is 5.69 Å². The zero-order valence-corrected chi connectivity index (χ0v) is 13.0. The Kier molecular flexibility index (Phi) is 3.67. The predicted octanol–water partition coefficient (Wildman–Crippen LogP) is 4.21. The second kappa shape index (κ2) is 5.64. The molecule has 3 rings (SSSR count). The molecule has 0 atom stereocenters. The second-order valence-electron chi connectivity index (χ2n) is 5.61. The maximum Gasteiger partial charge on any atom is 0.164 e. The first-order valence-corrected chi connectivity index (χ1v) is 7.37. The molecule has 4 nitrogen and oxygen atoms in total. The van der Waals surface area contributed by atoms with E-state index in [0.717, 1.165) is 22.4 Å².